The number of aliphatic hydroxyl groups is 1. The standard InChI is InChI=1S/C13H28N2O2/c1-5-13(4,9-16)15-12(17)7-11(8-14)6-10(2)3/h10-11,16H,5-9,14H2,1-4H3,(H,15,17). The van der Waals surface area contributed by atoms with E-state index < -0.39 is 5.54 Å². The third-order valence-corrected chi connectivity index (χ3v) is 3.18. The zero-order valence-electron chi connectivity index (χ0n) is 11.6. The van der Waals surface area contributed by atoms with Crippen molar-refractivity contribution in [3.63, 3.8) is 0 Å². The number of nitrogens with one attached hydrogen (secondary N) is 1. The molecule has 0 aliphatic heterocycles. The Morgan fingerprint density at radius 2 is 2.06 bits per heavy atom. The highest BCUT2D eigenvalue weighted by atomic mass is 16.3. The Morgan fingerprint density at radius 3 is 2.41 bits per heavy atom. The molecule has 0 rings (SSSR count). The van der Waals surface area contributed by atoms with Crippen molar-refractivity contribution in [2.45, 2.75) is 52.5 Å². The molecule has 0 aliphatic carbocycles. The second kappa shape index (κ2) is 7.67. The van der Waals surface area contributed by atoms with Gasteiger partial charge in [-0.25, -0.2) is 0 Å². The van der Waals surface area contributed by atoms with Gasteiger partial charge >= 0.3 is 0 Å². The van der Waals surface area contributed by atoms with E-state index in [9.17, 15) is 9.90 Å². The Bertz CT molecular complexity index is 225. The molecule has 0 aromatic heterocycles. The monoisotopic (exact) mass is 244 g/mol. The molecular formula is C13H28N2O2. The van der Waals surface area contributed by atoms with E-state index in [0.29, 0.717) is 25.3 Å². The van der Waals surface area contributed by atoms with Crippen LogP contribution in [0.3, 0.4) is 0 Å². The first kappa shape index (κ1) is 16.4. The summed E-state index contributed by atoms with van der Waals surface area (Å²) in [4.78, 5) is 11.8. The third kappa shape index (κ3) is 6.64. The second-order valence-corrected chi connectivity index (χ2v) is 5.56. The van der Waals surface area contributed by atoms with Gasteiger partial charge in [0.15, 0.2) is 0 Å². The van der Waals surface area contributed by atoms with E-state index in [0.717, 1.165) is 6.42 Å². The summed E-state index contributed by atoms with van der Waals surface area (Å²) in [5.74, 6) is 0.765. The molecule has 0 radical (unpaired) electrons. The van der Waals surface area contributed by atoms with Crippen LogP contribution in [-0.4, -0.2) is 29.7 Å². The number of aliphatic hydroxyl groups excluding tert-OH is 1. The number of rotatable bonds is 8. The lowest BCUT2D eigenvalue weighted by Crippen LogP contribution is -2.49. The average Bonchev–Trinajstić information content (AvgIpc) is 2.27. The Balaban J connectivity index is 4.23. The van der Waals surface area contributed by atoms with Crippen molar-refractivity contribution in [3.05, 3.63) is 0 Å². The summed E-state index contributed by atoms with van der Waals surface area (Å²) in [6.45, 7) is 8.56. The molecule has 102 valence electrons. The Hall–Kier alpha value is -0.610. The number of amides is 1. The van der Waals surface area contributed by atoms with Gasteiger partial charge in [-0.1, -0.05) is 20.8 Å². The van der Waals surface area contributed by atoms with Gasteiger partial charge in [0.05, 0.1) is 12.1 Å². The fourth-order valence-electron chi connectivity index (χ4n) is 1.82. The van der Waals surface area contributed by atoms with Crippen LogP contribution in [0, 0.1) is 11.8 Å². The topological polar surface area (TPSA) is 75.3 Å². The molecule has 0 bridgehead atoms. The summed E-state index contributed by atoms with van der Waals surface area (Å²) >= 11 is 0. The van der Waals surface area contributed by atoms with Crippen LogP contribution in [0.2, 0.25) is 0 Å². The van der Waals surface area contributed by atoms with Crippen molar-refractivity contribution in [1.29, 1.82) is 0 Å². The van der Waals surface area contributed by atoms with Crippen LogP contribution < -0.4 is 11.1 Å². The molecule has 0 spiro atoms. The molecule has 0 aliphatic rings. The molecule has 0 aromatic carbocycles. The first-order valence-electron chi connectivity index (χ1n) is 6.48. The summed E-state index contributed by atoms with van der Waals surface area (Å²) in [5.41, 5.74) is 5.16. The van der Waals surface area contributed by atoms with E-state index >= 15 is 0 Å². The van der Waals surface area contributed by atoms with E-state index in [-0.39, 0.29) is 18.4 Å². The lowest BCUT2D eigenvalue weighted by atomic mass is 9.93. The molecule has 0 saturated heterocycles. The second-order valence-electron chi connectivity index (χ2n) is 5.56. The molecule has 1 amide bonds. The Labute approximate surface area is 105 Å². The van der Waals surface area contributed by atoms with Gasteiger partial charge in [-0.15, -0.1) is 0 Å². The highest BCUT2D eigenvalue weighted by molar-refractivity contribution is 5.77. The molecule has 4 N–H and O–H groups in total. The molecular weight excluding hydrogens is 216 g/mol. The number of carbonyl (C=O) groups is 1. The molecule has 2 unspecified atom stereocenters. The van der Waals surface area contributed by atoms with Crippen molar-refractivity contribution in [2.24, 2.45) is 17.6 Å². The van der Waals surface area contributed by atoms with Gasteiger partial charge in [-0.3, -0.25) is 4.79 Å². The minimum Gasteiger partial charge on any atom is -0.394 e. The van der Waals surface area contributed by atoms with Gasteiger partial charge in [-0.05, 0) is 38.1 Å². The van der Waals surface area contributed by atoms with Crippen molar-refractivity contribution >= 4 is 5.91 Å². The van der Waals surface area contributed by atoms with Crippen LogP contribution in [0.25, 0.3) is 0 Å². The predicted octanol–water partition coefficient (Wildman–Crippen LogP) is 1.27. The molecule has 2 atom stereocenters. The van der Waals surface area contributed by atoms with Crippen LogP contribution in [0.5, 0.6) is 0 Å². The maximum absolute atomic E-state index is 11.8. The fourth-order valence-corrected chi connectivity index (χ4v) is 1.82. The van der Waals surface area contributed by atoms with Crippen molar-refractivity contribution in [1.82, 2.24) is 5.32 Å². The van der Waals surface area contributed by atoms with Gasteiger partial charge in [0, 0.05) is 6.42 Å². The number of hydrogen-bond acceptors (Lipinski definition) is 3. The summed E-state index contributed by atoms with van der Waals surface area (Å²) < 4.78 is 0. The average molecular weight is 244 g/mol. The van der Waals surface area contributed by atoms with Gasteiger partial charge in [0.2, 0.25) is 5.91 Å². The zero-order valence-corrected chi connectivity index (χ0v) is 11.6. The Morgan fingerprint density at radius 1 is 1.47 bits per heavy atom. The first-order valence-corrected chi connectivity index (χ1v) is 6.48. The molecule has 0 saturated carbocycles. The summed E-state index contributed by atoms with van der Waals surface area (Å²) in [6, 6.07) is 0. The SMILES string of the molecule is CCC(C)(CO)NC(=O)CC(CN)CC(C)C. The quantitative estimate of drug-likeness (QED) is 0.602. The van der Waals surface area contributed by atoms with Crippen LogP contribution in [0.4, 0.5) is 0 Å². The normalized spacial score (nSPS) is 16.6. The smallest absolute Gasteiger partial charge is 0.220 e. The van der Waals surface area contributed by atoms with Gasteiger partial charge in [-0.2, -0.15) is 0 Å². The Kier molecular flexibility index (Phi) is 7.39. The minimum absolute atomic E-state index is 0.0144. The van der Waals surface area contributed by atoms with E-state index in [1.807, 2.05) is 13.8 Å². The maximum Gasteiger partial charge on any atom is 0.220 e. The van der Waals surface area contributed by atoms with Crippen molar-refractivity contribution < 1.29 is 9.90 Å². The van der Waals surface area contributed by atoms with Gasteiger partial charge in [0.1, 0.15) is 0 Å². The van der Waals surface area contributed by atoms with E-state index in [4.69, 9.17) is 5.73 Å². The summed E-state index contributed by atoms with van der Waals surface area (Å²) in [5, 5.41) is 12.1. The molecule has 4 nitrogen and oxygen atoms in total. The van der Waals surface area contributed by atoms with Crippen molar-refractivity contribution in [3.8, 4) is 0 Å². The summed E-state index contributed by atoms with van der Waals surface area (Å²) in [7, 11) is 0. The first-order chi connectivity index (χ1) is 7.86. The fraction of sp³-hybridized carbons (Fsp3) is 0.923. The number of nitrogens with two attached hydrogens (primary N) is 1. The van der Waals surface area contributed by atoms with Gasteiger partial charge < -0.3 is 16.2 Å². The maximum atomic E-state index is 11.8. The summed E-state index contributed by atoms with van der Waals surface area (Å²) in [6.07, 6.45) is 2.13. The molecule has 17 heavy (non-hydrogen) atoms. The highest BCUT2D eigenvalue weighted by Gasteiger charge is 2.24. The minimum atomic E-state index is -0.506. The van der Waals surface area contributed by atoms with Gasteiger partial charge in [0.25, 0.3) is 0 Å². The molecule has 4 heteroatoms. The van der Waals surface area contributed by atoms with E-state index in [2.05, 4.69) is 19.2 Å². The van der Waals surface area contributed by atoms with Crippen LogP contribution in [0.15, 0.2) is 0 Å². The highest BCUT2D eigenvalue weighted by Crippen LogP contribution is 2.15. The number of carbonyl (C=O) groups excluding carboxylic acids is 1. The zero-order chi connectivity index (χ0) is 13.5. The third-order valence-electron chi connectivity index (χ3n) is 3.18. The number of hydrogen-bond donors (Lipinski definition) is 3. The van der Waals surface area contributed by atoms with E-state index in [1.54, 1.807) is 0 Å². The predicted molar refractivity (Wildman–Crippen MR) is 70.5 cm³/mol. The molecule has 0 heterocycles. The molecule has 0 fully saturated rings. The largest absolute Gasteiger partial charge is 0.394 e. The van der Waals surface area contributed by atoms with Crippen molar-refractivity contribution in [2.75, 3.05) is 13.2 Å². The van der Waals surface area contributed by atoms with Crippen LogP contribution in [0.1, 0.15) is 47.0 Å². The van der Waals surface area contributed by atoms with E-state index in [1.165, 1.54) is 0 Å². The lowest BCUT2D eigenvalue weighted by molar-refractivity contribution is -0.124. The molecule has 0 aromatic rings. The van der Waals surface area contributed by atoms with Crippen LogP contribution in [-0.2, 0) is 4.79 Å². The van der Waals surface area contributed by atoms with Crippen LogP contribution >= 0.6 is 0 Å². The lowest BCUT2D eigenvalue weighted by Gasteiger charge is -2.28.